The molecule has 0 aliphatic rings. The van der Waals surface area contributed by atoms with E-state index in [9.17, 15) is 0 Å². The summed E-state index contributed by atoms with van der Waals surface area (Å²) in [4.78, 5) is 8.28. The average Bonchev–Trinajstić information content (AvgIpc) is 2.04. The Balaban J connectivity index is 2.83. The lowest BCUT2D eigenvalue weighted by Crippen LogP contribution is -1.82. The van der Waals surface area contributed by atoms with Crippen LogP contribution in [0.4, 0.5) is 0 Å². The van der Waals surface area contributed by atoms with Crippen LogP contribution in [0.1, 0.15) is 5.56 Å². The smallest absolute Gasteiger partial charge is 0.159 e. The molecule has 0 radical (unpaired) electrons. The molecule has 0 spiro atoms. The Kier molecular flexibility index (Phi) is 1.32. The molecule has 0 saturated heterocycles. The molecule has 0 aliphatic heterocycles. The molecule has 2 aromatic rings. The van der Waals surface area contributed by atoms with E-state index in [-0.39, 0.29) is 0 Å². The van der Waals surface area contributed by atoms with Crippen LogP contribution in [0.2, 0.25) is 0 Å². The minimum Gasteiger partial charge on any atom is -0.237 e. The average molecular weight is 144 g/mol. The predicted octanol–water partition coefficient (Wildman–Crippen LogP) is 1.94. The number of pyridine rings is 2. The highest BCUT2D eigenvalue weighted by atomic mass is 14.8. The number of nitrogens with zero attached hydrogens (tertiary/aromatic N) is 2. The van der Waals surface area contributed by atoms with Gasteiger partial charge in [-0.15, -0.1) is 0 Å². The Morgan fingerprint density at radius 1 is 1.27 bits per heavy atom. The van der Waals surface area contributed by atoms with E-state index in [0.717, 1.165) is 11.0 Å². The SMILES string of the molecule is Cc1cnc2ncccc2c1. The van der Waals surface area contributed by atoms with Crippen LogP contribution in [0.3, 0.4) is 0 Å². The Morgan fingerprint density at radius 2 is 2.18 bits per heavy atom. The van der Waals surface area contributed by atoms with Gasteiger partial charge in [-0.05, 0) is 30.7 Å². The van der Waals surface area contributed by atoms with Gasteiger partial charge in [-0.25, -0.2) is 9.97 Å². The molecule has 2 heteroatoms. The second-order valence-electron chi connectivity index (χ2n) is 2.56. The van der Waals surface area contributed by atoms with Gasteiger partial charge in [-0.3, -0.25) is 0 Å². The van der Waals surface area contributed by atoms with Gasteiger partial charge >= 0.3 is 0 Å². The van der Waals surface area contributed by atoms with Crippen LogP contribution in [0.5, 0.6) is 0 Å². The first-order chi connectivity index (χ1) is 5.36. The Labute approximate surface area is 64.9 Å². The summed E-state index contributed by atoms with van der Waals surface area (Å²) in [6, 6.07) is 6.02. The van der Waals surface area contributed by atoms with E-state index in [1.807, 2.05) is 25.3 Å². The molecule has 2 nitrogen and oxygen atoms in total. The van der Waals surface area contributed by atoms with Crippen LogP contribution >= 0.6 is 0 Å². The second-order valence-corrected chi connectivity index (χ2v) is 2.56. The number of rotatable bonds is 0. The second kappa shape index (κ2) is 2.31. The summed E-state index contributed by atoms with van der Waals surface area (Å²) in [6.45, 7) is 2.03. The molecule has 11 heavy (non-hydrogen) atoms. The minimum atomic E-state index is 0.818. The lowest BCUT2D eigenvalue weighted by Gasteiger charge is -1.94. The van der Waals surface area contributed by atoms with Gasteiger partial charge in [0.25, 0.3) is 0 Å². The summed E-state index contributed by atoms with van der Waals surface area (Å²) < 4.78 is 0. The zero-order chi connectivity index (χ0) is 7.68. The van der Waals surface area contributed by atoms with Crippen molar-refractivity contribution >= 4 is 11.0 Å². The Bertz CT molecular complexity index is 382. The van der Waals surface area contributed by atoms with Gasteiger partial charge in [0.1, 0.15) is 0 Å². The molecule has 0 saturated carbocycles. The fourth-order valence-electron chi connectivity index (χ4n) is 1.08. The summed E-state index contributed by atoms with van der Waals surface area (Å²) in [7, 11) is 0. The number of hydrogen-bond acceptors (Lipinski definition) is 2. The van der Waals surface area contributed by atoms with E-state index in [1.165, 1.54) is 5.56 Å². The minimum absolute atomic E-state index is 0.818. The molecule has 2 aromatic heterocycles. The summed E-state index contributed by atoms with van der Waals surface area (Å²) in [5, 5.41) is 1.10. The molecule has 2 rings (SSSR count). The van der Waals surface area contributed by atoms with Crippen molar-refractivity contribution in [3.63, 3.8) is 0 Å². The fourth-order valence-corrected chi connectivity index (χ4v) is 1.08. The first-order valence-corrected chi connectivity index (χ1v) is 3.53. The molecule has 0 fully saturated rings. The summed E-state index contributed by atoms with van der Waals surface area (Å²) >= 11 is 0. The fraction of sp³-hybridized carbons (Fsp3) is 0.111. The summed E-state index contributed by atoms with van der Waals surface area (Å²) in [5.41, 5.74) is 1.99. The normalized spacial score (nSPS) is 10.3. The zero-order valence-corrected chi connectivity index (χ0v) is 6.28. The van der Waals surface area contributed by atoms with Crippen molar-refractivity contribution in [2.45, 2.75) is 6.92 Å². The molecule has 0 N–H and O–H groups in total. The molecular formula is C9H8N2. The maximum Gasteiger partial charge on any atom is 0.159 e. The van der Waals surface area contributed by atoms with Crippen LogP contribution in [-0.2, 0) is 0 Å². The van der Waals surface area contributed by atoms with E-state index < -0.39 is 0 Å². The zero-order valence-electron chi connectivity index (χ0n) is 6.28. The highest BCUT2D eigenvalue weighted by molar-refractivity contribution is 5.74. The van der Waals surface area contributed by atoms with Crippen molar-refractivity contribution in [1.82, 2.24) is 9.97 Å². The molecule has 0 aromatic carbocycles. The van der Waals surface area contributed by atoms with E-state index in [2.05, 4.69) is 16.0 Å². The van der Waals surface area contributed by atoms with Crippen molar-refractivity contribution in [1.29, 1.82) is 0 Å². The quantitative estimate of drug-likeness (QED) is 0.564. The standard InChI is InChI=1S/C9H8N2/c1-7-5-8-3-2-4-10-9(8)11-6-7/h2-6H,1H3. The summed E-state index contributed by atoms with van der Waals surface area (Å²) in [6.07, 6.45) is 3.58. The third kappa shape index (κ3) is 1.07. The first kappa shape index (κ1) is 6.28. The molecule has 0 bridgehead atoms. The van der Waals surface area contributed by atoms with Gasteiger partial charge in [-0.1, -0.05) is 0 Å². The number of hydrogen-bond donors (Lipinski definition) is 0. The summed E-state index contributed by atoms with van der Waals surface area (Å²) in [5.74, 6) is 0. The molecule has 2 heterocycles. The van der Waals surface area contributed by atoms with Crippen molar-refractivity contribution in [3.8, 4) is 0 Å². The van der Waals surface area contributed by atoms with Gasteiger partial charge in [-0.2, -0.15) is 0 Å². The van der Waals surface area contributed by atoms with E-state index in [1.54, 1.807) is 6.20 Å². The van der Waals surface area contributed by atoms with Crippen LogP contribution in [0.15, 0.2) is 30.6 Å². The van der Waals surface area contributed by atoms with Crippen molar-refractivity contribution in [3.05, 3.63) is 36.2 Å². The monoisotopic (exact) mass is 144 g/mol. The van der Waals surface area contributed by atoms with Gasteiger partial charge in [0.15, 0.2) is 5.65 Å². The van der Waals surface area contributed by atoms with Gasteiger partial charge < -0.3 is 0 Å². The highest BCUT2D eigenvalue weighted by Gasteiger charge is 1.92. The van der Waals surface area contributed by atoms with E-state index in [4.69, 9.17) is 0 Å². The molecule has 0 unspecified atom stereocenters. The largest absolute Gasteiger partial charge is 0.237 e. The maximum atomic E-state index is 4.17. The third-order valence-electron chi connectivity index (χ3n) is 1.59. The topological polar surface area (TPSA) is 25.8 Å². The van der Waals surface area contributed by atoms with Crippen LogP contribution < -0.4 is 0 Å². The van der Waals surface area contributed by atoms with E-state index in [0.29, 0.717) is 0 Å². The van der Waals surface area contributed by atoms with Gasteiger partial charge in [0, 0.05) is 17.8 Å². The first-order valence-electron chi connectivity index (χ1n) is 3.53. The Hall–Kier alpha value is -1.44. The maximum absolute atomic E-state index is 4.17. The van der Waals surface area contributed by atoms with Crippen LogP contribution in [0, 0.1) is 6.92 Å². The third-order valence-corrected chi connectivity index (χ3v) is 1.59. The van der Waals surface area contributed by atoms with Crippen LogP contribution in [0.25, 0.3) is 11.0 Å². The lowest BCUT2D eigenvalue weighted by atomic mass is 10.2. The predicted molar refractivity (Wildman–Crippen MR) is 44.3 cm³/mol. The Morgan fingerprint density at radius 3 is 3.09 bits per heavy atom. The van der Waals surface area contributed by atoms with Crippen molar-refractivity contribution < 1.29 is 0 Å². The molecule has 0 aliphatic carbocycles. The molecule has 0 amide bonds. The number of aryl methyl sites for hydroxylation is 1. The molecule has 0 atom stereocenters. The van der Waals surface area contributed by atoms with Gasteiger partial charge in [0.2, 0.25) is 0 Å². The number of fused-ring (bicyclic) bond motifs is 1. The van der Waals surface area contributed by atoms with E-state index >= 15 is 0 Å². The van der Waals surface area contributed by atoms with Crippen molar-refractivity contribution in [2.75, 3.05) is 0 Å². The highest BCUT2D eigenvalue weighted by Crippen LogP contribution is 2.08. The molecule has 54 valence electrons. The lowest BCUT2D eigenvalue weighted by molar-refractivity contribution is 1.26. The van der Waals surface area contributed by atoms with Crippen molar-refractivity contribution in [2.24, 2.45) is 0 Å². The number of aromatic nitrogens is 2. The van der Waals surface area contributed by atoms with Gasteiger partial charge in [0.05, 0.1) is 0 Å². The van der Waals surface area contributed by atoms with Crippen LogP contribution in [-0.4, -0.2) is 9.97 Å². The molecular weight excluding hydrogens is 136 g/mol.